The molecule has 1 aliphatic rings. The lowest BCUT2D eigenvalue weighted by Crippen LogP contribution is -2.21. The molecule has 1 unspecified atom stereocenters. The molecule has 2 rings (SSSR count). The van der Waals surface area contributed by atoms with Gasteiger partial charge in [-0.05, 0) is 37.0 Å². The molecule has 1 aromatic rings. The van der Waals surface area contributed by atoms with Crippen LogP contribution < -0.4 is 10.5 Å². The normalized spacial score (nSPS) is 16.3. The maximum atomic E-state index is 12.7. The van der Waals surface area contributed by atoms with Crippen molar-refractivity contribution in [2.45, 2.75) is 51.7 Å². The van der Waals surface area contributed by atoms with Crippen molar-refractivity contribution in [1.29, 1.82) is 0 Å². The molecule has 1 fully saturated rings. The number of anilines is 2. The van der Waals surface area contributed by atoms with E-state index in [1.54, 1.807) is 18.2 Å². The lowest BCUT2D eigenvalue weighted by atomic mass is 9.84. The van der Waals surface area contributed by atoms with Crippen LogP contribution in [0.2, 0.25) is 0 Å². The van der Waals surface area contributed by atoms with Gasteiger partial charge in [-0.3, -0.25) is 9.52 Å². The molecule has 6 heteroatoms. The Hall–Kier alpha value is -1.56. The van der Waals surface area contributed by atoms with Gasteiger partial charge < -0.3 is 5.73 Å². The summed E-state index contributed by atoms with van der Waals surface area (Å²) in [5.74, 6) is 0.263. The number of Topliss-reactive ketones (excluding diaryl/α,β-unsaturated/α-hetero) is 1. The second-order valence-corrected chi connectivity index (χ2v) is 8.34. The average Bonchev–Trinajstić information content (AvgIpc) is 3.35. The van der Waals surface area contributed by atoms with Crippen LogP contribution in [0.4, 0.5) is 11.4 Å². The molecule has 1 saturated carbocycles. The molecular weight excluding hydrogens is 312 g/mol. The standard InChI is InChI=1S/C17H26N2O3S/c1-4-12(5-2)11(3)17(20)13-6-9-15(18)16(10-13)19-23(21,22)14-7-8-14/h6,9-12,14,19H,4-5,7-8,18H2,1-3H3. The van der Waals surface area contributed by atoms with Gasteiger partial charge in [0.05, 0.1) is 16.6 Å². The number of carbonyl (C=O) groups excluding carboxylic acids is 1. The van der Waals surface area contributed by atoms with E-state index in [2.05, 4.69) is 18.6 Å². The third-order valence-electron chi connectivity index (χ3n) is 4.72. The second kappa shape index (κ2) is 6.91. The summed E-state index contributed by atoms with van der Waals surface area (Å²) in [7, 11) is -3.39. The fourth-order valence-electron chi connectivity index (χ4n) is 2.89. The Bertz CT molecular complexity index is 677. The van der Waals surface area contributed by atoms with E-state index in [4.69, 9.17) is 5.73 Å². The van der Waals surface area contributed by atoms with Crippen molar-refractivity contribution in [3.05, 3.63) is 23.8 Å². The molecule has 0 heterocycles. The highest BCUT2D eigenvalue weighted by molar-refractivity contribution is 7.93. The first-order valence-corrected chi connectivity index (χ1v) is 9.80. The number of carbonyl (C=O) groups is 1. The number of rotatable bonds is 8. The van der Waals surface area contributed by atoms with Crippen LogP contribution in [0.25, 0.3) is 0 Å². The zero-order valence-electron chi connectivity index (χ0n) is 14.0. The van der Waals surface area contributed by atoms with E-state index in [1.165, 1.54) is 0 Å². The van der Waals surface area contributed by atoms with Crippen LogP contribution in [0.5, 0.6) is 0 Å². The number of hydrogen-bond acceptors (Lipinski definition) is 4. The van der Waals surface area contributed by atoms with E-state index in [9.17, 15) is 13.2 Å². The topological polar surface area (TPSA) is 89.3 Å². The van der Waals surface area contributed by atoms with Gasteiger partial charge in [-0.15, -0.1) is 0 Å². The molecule has 0 saturated heterocycles. The predicted molar refractivity (Wildman–Crippen MR) is 94.0 cm³/mol. The van der Waals surface area contributed by atoms with Crippen LogP contribution in [-0.2, 0) is 10.0 Å². The summed E-state index contributed by atoms with van der Waals surface area (Å²) in [6, 6.07) is 4.83. The van der Waals surface area contributed by atoms with E-state index >= 15 is 0 Å². The van der Waals surface area contributed by atoms with Gasteiger partial charge in [0.25, 0.3) is 0 Å². The minimum atomic E-state index is -3.39. The smallest absolute Gasteiger partial charge is 0.235 e. The molecule has 128 valence electrons. The van der Waals surface area contributed by atoms with E-state index in [0.717, 1.165) is 12.8 Å². The monoisotopic (exact) mass is 338 g/mol. The molecule has 1 aromatic carbocycles. The largest absolute Gasteiger partial charge is 0.397 e. The summed E-state index contributed by atoms with van der Waals surface area (Å²) in [4.78, 5) is 12.7. The molecule has 0 spiro atoms. The van der Waals surface area contributed by atoms with Gasteiger partial charge in [0.15, 0.2) is 5.78 Å². The van der Waals surface area contributed by atoms with Crippen LogP contribution in [-0.4, -0.2) is 19.5 Å². The van der Waals surface area contributed by atoms with Crippen molar-refractivity contribution in [1.82, 2.24) is 0 Å². The molecular formula is C17H26N2O3S. The zero-order chi connectivity index (χ0) is 17.2. The third kappa shape index (κ3) is 4.05. The molecule has 0 bridgehead atoms. The van der Waals surface area contributed by atoms with Gasteiger partial charge in [0.2, 0.25) is 10.0 Å². The number of nitrogens with one attached hydrogen (secondary N) is 1. The maximum Gasteiger partial charge on any atom is 0.235 e. The second-order valence-electron chi connectivity index (χ2n) is 6.38. The first-order valence-electron chi connectivity index (χ1n) is 8.25. The van der Waals surface area contributed by atoms with Crippen molar-refractivity contribution < 1.29 is 13.2 Å². The maximum absolute atomic E-state index is 12.7. The predicted octanol–water partition coefficient (Wildman–Crippen LogP) is 3.43. The van der Waals surface area contributed by atoms with Gasteiger partial charge in [0, 0.05) is 11.5 Å². The first-order chi connectivity index (χ1) is 10.8. The molecule has 0 amide bonds. The Kier molecular flexibility index (Phi) is 5.34. The molecule has 1 aliphatic carbocycles. The number of nitrogens with two attached hydrogens (primary N) is 1. The van der Waals surface area contributed by atoms with E-state index in [0.29, 0.717) is 35.7 Å². The Balaban J connectivity index is 2.24. The number of sulfonamides is 1. The highest BCUT2D eigenvalue weighted by Crippen LogP contribution is 2.32. The first kappa shape index (κ1) is 17.8. The van der Waals surface area contributed by atoms with Gasteiger partial charge in [0.1, 0.15) is 0 Å². The highest BCUT2D eigenvalue weighted by atomic mass is 32.2. The minimum Gasteiger partial charge on any atom is -0.397 e. The molecule has 23 heavy (non-hydrogen) atoms. The number of hydrogen-bond donors (Lipinski definition) is 2. The summed E-state index contributed by atoms with van der Waals surface area (Å²) < 4.78 is 26.7. The van der Waals surface area contributed by atoms with Crippen molar-refractivity contribution >= 4 is 27.2 Å². The molecule has 0 aromatic heterocycles. The van der Waals surface area contributed by atoms with Gasteiger partial charge >= 0.3 is 0 Å². The molecule has 0 aliphatic heterocycles. The lowest BCUT2D eigenvalue weighted by Gasteiger charge is -2.20. The SMILES string of the molecule is CCC(CC)C(C)C(=O)c1ccc(N)c(NS(=O)(=O)C2CC2)c1. The van der Waals surface area contributed by atoms with Crippen LogP contribution >= 0.6 is 0 Å². The van der Waals surface area contributed by atoms with Crippen LogP contribution in [0.15, 0.2) is 18.2 Å². The summed E-state index contributed by atoms with van der Waals surface area (Å²) in [5, 5.41) is -0.329. The fourth-order valence-corrected chi connectivity index (χ4v) is 4.29. The quantitative estimate of drug-likeness (QED) is 0.561. The summed E-state index contributed by atoms with van der Waals surface area (Å²) in [6.45, 7) is 6.09. The Labute approximate surface area is 138 Å². The highest BCUT2D eigenvalue weighted by Gasteiger charge is 2.36. The van der Waals surface area contributed by atoms with Crippen molar-refractivity contribution in [2.75, 3.05) is 10.5 Å². The van der Waals surface area contributed by atoms with E-state index < -0.39 is 10.0 Å². The number of nitrogen functional groups attached to an aromatic ring is 1. The van der Waals surface area contributed by atoms with Crippen molar-refractivity contribution in [3.63, 3.8) is 0 Å². The summed E-state index contributed by atoms with van der Waals surface area (Å²) >= 11 is 0. The van der Waals surface area contributed by atoms with Gasteiger partial charge in [-0.2, -0.15) is 0 Å². The van der Waals surface area contributed by atoms with Crippen LogP contribution in [0, 0.1) is 11.8 Å². The minimum absolute atomic E-state index is 0.0329. The van der Waals surface area contributed by atoms with Gasteiger partial charge in [-0.1, -0.05) is 33.6 Å². The number of benzene rings is 1. The number of ketones is 1. The van der Waals surface area contributed by atoms with Crippen molar-refractivity contribution in [3.8, 4) is 0 Å². The lowest BCUT2D eigenvalue weighted by molar-refractivity contribution is 0.0881. The van der Waals surface area contributed by atoms with E-state index in [-0.39, 0.29) is 17.0 Å². The summed E-state index contributed by atoms with van der Waals surface area (Å²) in [6.07, 6.45) is 3.25. The van der Waals surface area contributed by atoms with E-state index in [1.807, 2.05) is 6.92 Å². The molecule has 3 N–H and O–H groups in total. The average molecular weight is 338 g/mol. The Morgan fingerprint density at radius 1 is 1.30 bits per heavy atom. The summed E-state index contributed by atoms with van der Waals surface area (Å²) in [5.41, 5.74) is 7.01. The third-order valence-corrected chi connectivity index (χ3v) is 6.58. The van der Waals surface area contributed by atoms with Crippen molar-refractivity contribution in [2.24, 2.45) is 11.8 Å². The molecule has 0 radical (unpaired) electrons. The van der Waals surface area contributed by atoms with Crippen LogP contribution in [0.1, 0.15) is 56.8 Å². The Morgan fingerprint density at radius 2 is 1.91 bits per heavy atom. The van der Waals surface area contributed by atoms with Crippen LogP contribution in [0.3, 0.4) is 0 Å². The zero-order valence-corrected chi connectivity index (χ0v) is 14.8. The van der Waals surface area contributed by atoms with Gasteiger partial charge in [-0.25, -0.2) is 8.42 Å². The molecule has 1 atom stereocenters. The Morgan fingerprint density at radius 3 is 2.43 bits per heavy atom. The fraction of sp³-hybridized carbons (Fsp3) is 0.588. The molecule has 5 nitrogen and oxygen atoms in total.